The Labute approximate surface area is 79.4 Å². The van der Waals surface area contributed by atoms with Crippen LogP contribution in [0.3, 0.4) is 0 Å². The minimum absolute atomic E-state index is 0.0359. The Hall–Kier alpha value is -0.860. The lowest BCUT2D eigenvalue weighted by atomic mass is 9.95. The zero-order chi connectivity index (χ0) is 9.84. The first-order valence-electron chi connectivity index (χ1n) is 4.59. The van der Waals surface area contributed by atoms with Crippen LogP contribution < -0.4 is 5.73 Å². The topological polar surface area (TPSA) is 46.2 Å². The molecule has 0 aliphatic carbocycles. The summed E-state index contributed by atoms with van der Waals surface area (Å²) in [6, 6.07) is 6.10. The molecule has 2 nitrogen and oxygen atoms in total. The van der Waals surface area contributed by atoms with Gasteiger partial charge in [0, 0.05) is 12.6 Å². The van der Waals surface area contributed by atoms with Crippen LogP contribution in [0.25, 0.3) is 0 Å². The smallest absolute Gasteiger partial charge is 0.0449 e. The number of hydrogen-bond acceptors (Lipinski definition) is 2. The Morgan fingerprint density at radius 1 is 1.31 bits per heavy atom. The van der Waals surface area contributed by atoms with Crippen molar-refractivity contribution in [2.45, 2.75) is 26.3 Å². The largest absolute Gasteiger partial charge is 0.396 e. The van der Waals surface area contributed by atoms with Crippen molar-refractivity contribution in [1.82, 2.24) is 0 Å². The van der Waals surface area contributed by atoms with Crippen molar-refractivity contribution < 1.29 is 5.11 Å². The molecular formula is C11H17NO. The summed E-state index contributed by atoms with van der Waals surface area (Å²) in [5.74, 6) is 0. The van der Waals surface area contributed by atoms with Gasteiger partial charge in [0.25, 0.3) is 0 Å². The van der Waals surface area contributed by atoms with Crippen LogP contribution in [0.15, 0.2) is 18.2 Å². The molecule has 0 fully saturated rings. The molecule has 0 unspecified atom stereocenters. The van der Waals surface area contributed by atoms with Crippen molar-refractivity contribution in [3.8, 4) is 0 Å². The van der Waals surface area contributed by atoms with Crippen LogP contribution in [0.4, 0.5) is 0 Å². The molecule has 1 aromatic rings. The van der Waals surface area contributed by atoms with Crippen molar-refractivity contribution in [3.05, 3.63) is 34.9 Å². The maximum Gasteiger partial charge on any atom is 0.0449 e. The lowest BCUT2D eigenvalue weighted by Gasteiger charge is -2.16. The van der Waals surface area contributed by atoms with E-state index in [4.69, 9.17) is 10.8 Å². The fourth-order valence-corrected chi connectivity index (χ4v) is 1.70. The molecule has 1 atom stereocenters. The van der Waals surface area contributed by atoms with Gasteiger partial charge in [0.1, 0.15) is 0 Å². The van der Waals surface area contributed by atoms with Crippen LogP contribution in [-0.4, -0.2) is 11.7 Å². The summed E-state index contributed by atoms with van der Waals surface area (Å²) in [6.07, 6.45) is 0.631. The van der Waals surface area contributed by atoms with E-state index in [1.54, 1.807) is 0 Å². The quantitative estimate of drug-likeness (QED) is 0.741. The van der Waals surface area contributed by atoms with E-state index in [-0.39, 0.29) is 12.6 Å². The monoisotopic (exact) mass is 179 g/mol. The maximum atomic E-state index is 8.80. The summed E-state index contributed by atoms with van der Waals surface area (Å²) in [4.78, 5) is 0. The standard InChI is InChI=1S/C11H17NO/c1-8-4-3-5-9(2)11(8)10(12)6-7-13/h3-5,10,13H,6-7,12H2,1-2H3/t10-/m1/s1. The van der Waals surface area contributed by atoms with Gasteiger partial charge in [-0.25, -0.2) is 0 Å². The molecule has 3 N–H and O–H groups in total. The van der Waals surface area contributed by atoms with Crippen molar-refractivity contribution in [3.63, 3.8) is 0 Å². The molecular weight excluding hydrogens is 162 g/mol. The van der Waals surface area contributed by atoms with E-state index >= 15 is 0 Å². The zero-order valence-corrected chi connectivity index (χ0v) is 8.25. The molecule has 0 spiro atoms. The third-order valence-electron chi connectivity index (χ3n) is 2.35. The molecule has 72 valence electrons. The van der Waals surface area contributed by atoms with Gasteiger partial charge in [-0.1, -0.05) is 18.2 Å². The third kappa shape index (κ3) is 2.29. The molecule has 0 aromatic heterocycles. The lowest BCUT2D eigenvalue weighted by Crippen LogP contribution is -2.14. The first-order valence-corrected chi connectivity index (χ1v) is 4.59. The Morgan fingerprint density at radius 2 is 1.85 bits per heavy atom. The lowest BCUT2D eigenvalue weighted by molar-refractivity contribution is 0.276. The van der Waals surface area contributed by atoms with E-state index in [1.807, 2.05) is 6.07 Å². The van der Waals surface area contributed by atoms with E-state index in [2.05, 4.69) is 26.0 Å². The van der Waals surface area contributed by atoms with Gasteiger partial charge in [0.2, 0.25) is 0 Å². The van der Waals surface area contributed by atoms with E-state index in [1.165, 1.54) is 16.7 Å². The first kappa shape index (κ1) is 10.2. The number of aliphatic hydroxyl groups is 1. The van der Waals surface area contributed by atoms with Crippen molar-refractivity contribution in [2.75, 3.05) is 6.61 Å². The van der Waals surface area contributed by atoms with Gasteiger partial charge >= 0.3 is 0 Å². The van der Waals surface area contributed by atoms with Crippen LogP contribution in [0, 0.1) is 13.8 Å². The Morgan fingerprint density at radius 3 is 2.31 bits per heavy atom. The number of aliphatic hydroxyl groups excluding tert-OH is 1. The minimum atomic E-state index is -0.0359. The van der Waals surface area contributed by atoms with Gasteiger partial charge in [0.05, 0.1) is 0 Å². The van der Waals surface area contributed by atoms with Gasteiger partial charge in [-0.2, -0.15) is 0 Å². The molecule has 13 heavy (non-hydrogen) atoms. The summed E-state index contributed by atoms with van der Waals surface area (Å²) < 4.78 is 0. The van der Waals surface area contributed by atoms with Crippen molar-refractivity contribution in [1.29, 1.82) is 0 Å². The average molecular weight is 179 g/mol. The second kappa shape index (κ2) is 4.40. The third-order valence-corrected chi connectivity index (χ3v) is 2.35. The second-order valence-electron chi connectivity index (χ2n) is 3.42. The highest BCUT2D eigenvalue weighted by Crippen LogP contribution is 2.21. The van der Waals surface area contributed by atoms with Crippen molar-refractivity contribution in [2.24, 2.45) is 5.73 Å². The normalized spacial score (nSPS) is 12.9. The van der Waals surface area contributed by atoms with E-state index in [9.17, 15) is 0 Å². The molecule has 0 saturated carbocycles. The highest BCUT2D eigenvalue weighted by molar-refractivity contribution is 5.35. The van der Waals surface area contributed by atoms with Crippen LogP contribution >= 0.6 is 0 Å². The summed E-state index contributed by atoms with van der Waals surface area (Å²) in [7, 11) is 0. The Bertz CT molecular complexity index is 263. The average Bonchev–Trinajstić information content (AvgIpc) is 2.04. The number of benzene rings is 1. The predicted molar refractivity (Wildman–Crippen MR) is 54.5 cm³/mol. The molecule has 0 saturated heterocycles. The molecule has 0 heterocycles. The van der Waals surface area contributed by atoms with E-state index < -0.39 is 0 Å². The fourth-order valence-electron chi connectivity index (χ4n) is 1.70. The molecule has 0 aliphatic heterocycles. The van der Waals surface area contributed by atoms with E-state index in [0.717, 1.165) is 0 Å². The van der Waals surface area contributed by atoms with Crippen LogP contribution in [0.2, 0.25) is 0 Å². The van der Waals surface area contributed by atoms with Gasteiger partial charge in [0.15, 0.2) is 0 Å². The molecule has 0 amide bonds. The molecule has 1 aromatic carbocycles. The molecule has 2 heteroatoms. The van der Waals surface area contributed by atoms with Crippen LogP contribution in [-0.2, 0) is 0 Å². The Balaban J connectivity index is 2.98. The van der Waals surface area contributed by atoms with Gasteiger partial charge in [-0.15, -0.1) is 0 Å². The summed E-state index contributed by atoms with van der Waals surface area (Å²) in [5, 5.41) is 8.80. The fraction of sp³-hybridized carbons (Fsp3) is 0.455. The SMILES string of the molecule is Cc1cccc(C)c1[C@H](N)CCO. The summed E-state index contributed by atoms with van der Waals surface area (Å²) in [5.41, 5.74) is 9.54. The second-order valence-corrected chi connectivity index (χ2v) is 3.42. The van der Waals surface area contributed by atoms with Crippen molar-refractivity contribution >= 4 is 0 Å². The van der Waals surface area contributed by atoms with Gasteiger partial charge < -0.3 is 10.8 Å². The summed E-state index contributed by atoms with van der Waals surface area (Å²) in [6.45, 7) is 4.26. The Kier molecular flexibility index (Phi) is 3.46. The van der Waals surface area contributed by atoms with Gasteiger partial charge in [-0.05, 0) is 37.0 Å². The number of rotatable bonds is 3. The highest BCUT2D eigenvalue weighted by Gasteiger charge is 2.10. The number of aryl methyl sites for hydroxylation is 2. The zero-order valence-electron chi connectivity index (χ0n) is 8.25. The minimum Gasteiger partial charge on any atom is -0.396 e. The predicted octanol–water partition coefficient (Wildman–Crippen LogP) is 1.69. The number of hydrogen-bond donors (Lipinski definition) is 2. The van der Waals surface area contributed by atoms with Crippen LogP contribution in [0.1, 0.15) is 29.2 Å². The highest BCUT2D eigenvalue weighted by atomic mass is 16.3. The van der Waals surface area contributed by atoms with Crippen LogP contribution in [0.5, 0.6) is 0 Å². The molecule has 1 rings (SSSR count). The number of nitrogens with two attached hydrogens (primary N) is 1. The maximum absolute atomic E-state index is 8.80. The molecule has 0 radical (unpaired) electrons. The molecule has 0 aliphatic rings. The first-order chi connectivity index (χ1) is 6.16. The summed E-state index contributed by atoms with van der Waals surface area (Å²) >= 11 is 0. The molecule has 0 bridgehead atoms. The van der Waals surface area contributed by atoms with Gasteiger partial charge in [-0.3, -0.25) is 0 Å². The van der Waals surface area contributed by atoms with E-state index in [0.29, 0.717) is 6.42 Å².